The van der Waals surface area contributed by atoms with E-state index in [1.165, 1.54) is 6.07 Å². The van der Waals surface area contributed by atoms with Crippen molar-refractivity contribution in [3.8, 4) is 0 Å². The lowest BCUT2D eigenvalue weighted by Gasteiger charge is -2.21. The first-order valence-electron chi connectivity index (χ1n) is 6.39. The fraction of sp³-hybridized carbons (Fsp3) is 0.462. The zero-order valence-electron chi connectivity index (χ0n) is 10.6. The molecule has 1 aliphatic heterocycles. The number of alkyl halides is 3. The molecule has 3 nitrogen and oxygen atoms in total. The molecule has 0 spiro atoms. The Balaban J connectivity index is 1.83. The summed E-state index contributed by atoms with van der Waals surface area (Å²) in [5.74, 6) is 2.84. The molecule has 2 aromatic rings. The summed E-state index contributed by atoms with van der Waals surface area (Å²) in [5.41, 5.74) is 0.376. The Labute approximate surface area is 118 Å². The third-order valence-electron chi connectivity index (χ3n) is 3.30. The monoisotopic (exact) mass is 301 g/mol. The maximum atomic E-state index is 12.6. The smallest absolute Gasteiger partial charge is 0.342 e. The normalized spacial score (nSPS) is 20.4. The average Bonchev–Trinajstić information content (AvgIpc) is 2.80. The third kappa shape index (κ3) is 2.93. The topological polar surface area (TPSA) is 40.7 Å². The van der Waals surface area contributed by atoms with Gasteiger partial charge in [-0.3, -0.25) is 0 Å². The third-order valence-corrected chi connectivity index (χ3v) is 4.43. The molecule has 1 atom stereocenters. The fourth-order valence-corrected chi connectivity index (χ4v) is 3.27. The molecule has 0 bridgehead atoms. The summed E-state index contributed by atoms with van der Waals surface area (Å²) < 4.78 is 37.9. The quantitative estimate of drug-likeness (QED) is 0.896. The van der Waals surface area contributed by atoms with Crippen molar-refractivity contribution in [2.24, 2.45) is 0 Å². The molecule has 1 aliphatic rings. The lowest BCUT2D eigenvalue weighted by Crippen LogP contribution is -2.39. The van der Waals surface area contributed by atoms with Gasteiger partial charge in [0.25, 0.3) is 0 Å². The SMILES string of the molecule is FC(F)(F)c1ccc2nc(CC3CSCCN3)[nH]c2c1. The highest BCUT2D eigenvalue weighted by atomic mass is 32.2. The number of aromatic nitrogens is 2. The van der Waals surface area contributed by atoms with E-state index < -0.39 is 11.7 Å². The van der Waals surface area contributed by atoms with E-state index >= 15 is 0 Å². The number of imidazole rings is 1. The van der Waals surface area contributed by atoms with Crippen LogP contribution < -0.4 is 5.32 Å². The van der Waals surface area contributed by atoms with Crippen LogP contribution in [0, 0.1) is 0 Å². The van der Waals surface area contributed by atoms with Crippen molar-refractivity contribution in [2.45, 2.75) is 18.6 Å². The molecule has 3 rings (SSSR count). The minimum atomic E-state index is -4.32. The Bertz CT molecular complexity index is 602. The molecular formula is C13H14F3N3S. The van der Waals surface area contributed by atoms with Crippen molar-refractivity contribution in [1.82, 2.24) is 15.3 Å². The van der Waals surface area contributed by atoms with E-state index in [1.54, 1.807) is 0 Å². The molecule has 1 fully saturated rings. The Hall–Kier alpha value is -1.21. The van der Waals surface area contributed by atoms with Gasteiger partial charge >= 0.3 is 6.18 Å². The van der Waals surface area contributed by atoms with E-state index in [0.29, 0.717) is 23.5 Å². The predicted molar refractivity (Wildman–Crippen MR) is 73.9 cm³/mol. The number of benzene rings is 1. The van der Waals surface area contributed by atoms with Gasteiger partial charge in [0.2, 0.25) is 0 Å². The van der Waals surface area contributed by atoms with E-state index in [2.05, 4.69) is 15.3 Å². The number of nitrogens with one attached hydrogen (secondary N) is 2. The minimum absolute atomic E-state index is 0.330. The number of rotatable bonds is 2. The Morgan fingerprint density at radius 1 is 1.35 bits per heavy atom. The van der Waals surface area contributed by atoms with Crippen molar-refractivity contribution in [1.29, 1.82) is 0 Å². The molecular weight excluding hydrogens is 287 g/mol. The first-order valence-corrected chi connectivity index (χ1v) is 7.55. The van der Waals surface area contributed by atoms with Gasteiger partial charge in [0.15, 0.2) is 0 Å². The number of fused-ring (bicyclic) bond motifs is 1. The van der Waals surface area contributed by atoms with Crippen LogP contribution in [0.5, 0.6) is 0 Å². The zero-order chi connectivity index (χ0) is 14.2. The summed E-state index contributed by atoms with van der Waals surface area (Å²) in [6, 6.07) is 3.94. The number of hydrogen-bond acceptors (Lipinski definition) is 3. The van der Waals surface area contributed by atoms with Gasteiger partial charge in [0.05, 0.1) is 16.6 Å². The molecule has 1 unspecified atom stereocenters. The van der Waals surface area contributed by atoms with E-state index in [4.69, 9.17) is 0 Å². The summed E-state index contributed by atoms with van der Waals surface area (Å²) >= 11 is 1.88. The number of aromatic amines is 1. The van der Waals surface area contributed by atoms with Gasteiger partial charge < -0.3 is 10.3 Å². The molecule has 2 heterocycles. The van der Waals surface area contributed by atoms with Gasteiger partial charge in [0.1, 0.15) is 5.82 Å². The number of halogens is 3. The van der Waals surface area contributed by atoms with Crippen LogP contribution >= 0.6 is 11.8 Å². The Morgan fingerprint density at radius 3 is 2.90 bits per heavy atom. The van der Waals surface area contributed by atoms with Crippen molar-refractivity contribution >= 4 is 22.8 Å². The number of nitrogens with zero attached hydrogens (tertiary/aromatic N) is 1. The Morgan fingerprint density at radius 2 is 2.20 bits per heavy atom. The van der Waals surface area contributed by atoms with Gasteiger partial charge in [-0.15, -0.1) is 0 Å². The summed E-state index contributed by atoms with van der Waals surface area (Å²) in [6.07, 6.45) is -3.61. The highest BCUT2D eigenvalue weighted by molar-refractivity contribution is 7.99. The largest absolute Gasteiger partial charge is 0.416 e. The lowest BCUT2D eigenvalue weighted by molar-refractivity contribution is -0.137. The molecule has 2 N–H and O–H groups in total. The first-order chi connectivity index (χ1) is 9.52. The summed E-state index contributed by atoms with van der Waals surface area (Å²) in [7, 11) is 0. The van der Waals surface area contributed by atoms with Crippen LogP contribution in [0.4, 0.5) is 13.2 Å². The van der Waals surface area contributed by atoms with Crippen molar-refractivity contribution < 1.29 is 13.2 Å². The molecule has 0 radical (unpaired) electrons. The predicted octanol–water partition coefficient (Wildman–Crippen LogP) is 2.83. The van der Waals surface area contributed by atoms with Gasteiger partial charge in [0, 0.05) is 30.5 Å². The fourth-order valence-electron chi connectivity index (χ4n) is 2.32. The van der Waals surface area contributed by atoms with Crippen LogP contribution in [0.3, 0.4) is 0 Å². The van der Waals surface area contributed by atoms with Gasteiger partial charge in [-0.05, 0) is 18.2 Å². The average molecular weight is 301 g/mol. The molecule has 1 aromatic heterocycles. The van der Waals surface area contributed by atoms with Crippen LogP contribution in [-0.4, -0.2) is 34.1 Å². The van der Waals surface area contributed by atoms with E-state index in [-0.39, 0.29) is 0 Å². The first kappa shape index (κ1) is 13.8. The highest BCUT2D eigenvalue weighted by Gasteiger charge is 2.30. The van der Waals surface area contributed by atoms with E-state index in [1.807, 2.05) is 11.8 Å². The summed E-state index contributed by atoms with van der Waals surface area (Å²) in [6.45, 7) is 0.966. The molecule has 20 heavy (non-hydrogen) atoms. The van der Waals surface area contributed by atoms with Gasteiger partial charge in [-0.25, -0.2) is 4.98 Å². The molecule has 1 aromatic carbocycles. The summed E-state index contributed by atoms with van der Waals surface area (Å²) in [4.78, 5) is 7.35. The second-order valence-electron chi connectivity index (χ2n) is 4.84. The van der Waals surface area contributed by atoms with Crippen molar-refractivity contribution in [3.05, 3.63) is 29.6 Å². The van der Waals surface area contributed by atoms with E-state index in [0.717, 1.165) is 36.0 Å². The number of hydrogen-bond donors (Lipinski definition) is 2. The molecule has 7 heteroatoms. The maximum Gasteiger partial charge on any atom is 0.416 e. The lowest BCUT2D eigenvalue weighted by atomic mass is 10.2. The molecule has 1 saturated heterocycles. The van der Waals surface area contributed by atoms with Crippen LogP contribution in [-0.2, 0) is 12.6 Å². The Kier molecular flexibility index (Phi) is 3.64. The molecule has 108 valence electrons. The van der Waals surface area contributed by atoms with Crippen LogP contribution in [0.2, 0.25) is 0 Å². The van der Waals surface area contributed by atoms with Crippen molar-refractivity contribution in [2.75, 3.05) is 18.1 Å². The minimum Gasteiger partial charge on any atom is -0.342 e. The van der Waals surface area contributed by atoms with Crippen LogP contribution in [0.15, 0.2) is 18.2 Å². The van der Waals surface area contributed by atoms with Crippen LogP contribution in [0.25, 0.3) is 11.0 Å². The second-order valence-corrected chi connectivity index (χ2v) is 5.99. The van der Waals surface area contributed by atoms with Gasteiger partial charge in [-0.2, -0.15) is 24.9 Å². The maximum absolute atomic E-state index is 12.6. The van der Waals surface area contributed by atoms with Crippen molar-refractivity contribution in [3.63, 3.8) is 0 Å². The number of thioether (sulfide) groups is 1. The molecule has 0 aliphatic carbocycles. The second kappa shape index (κ2) is 5.29. The number of H-pyrrole nitrogens is 1. The summed E-state index contributed by atoms with van der Waals surface area (Å²) in [5, 5.41) is 3.39. The standard InChI is InChI=1S/C13H14F3N3S/c14-13(15,16)8-1-2-10-11(5-8)19-12(18-10)6-9-7-20-4-3-17-9/h1-2,5,9,17H,3-4,6-7H2,(H,18,19). The van der Waals surface area contributed by atoms with Gasteiger partial charge in [-0.1, -0.05) is 0 Å². The molecule has 0 saturated carbocycles. The van der Waals surface area contributed by atoms with Crippen LogP contribution in [0.1, 0.15) is 11.4 Å². The molecule has 0 amide bonds. The highest BCUT2D eigenvalue weighted by Crippen LogP contribution is 2.30. The van der Waals surface area contributed by atoms with E-state index in [9.17, 15) is 13.2 Å². The zero-order valence-corrected chi connectivity index (χ0v) is 11.4.